The topological polar surface area (TPSA) is 44.1 Å². The van der Waals surface area contributed by atoms with Crippen molar-refractivity contribution in [1.82, 2.24) is 9.55 Å². The van der Waals surface area contributed by atoms with Crippen molar-refractivity contribution in [3.63, 3.8) is 0 Å². The van der Waals surface area contributed by atoms with E-state index in [9.17, 15) is 4.79 Å². The Morgan fingerprint density at radius 3 is 2.84 bits per heavy atom. The largest absolute Gasteiger partial charge is 0.440 e. The zero-order chi connectivity index (χ0) is 17.4. The quantitative estimate of drug-likeness (QED) is 0.374. The molecular weight excluding hydrogens is 352 g/mol. The van der Waals surface area contributed by atoms with Gasteiger partial charge in [0.25, 0.3) is 0 Å². The molecule has 0 radical (unpaired) electrons. The molecule has 2 heterocycles. The van der Waals surface area contributed by atoms with Crippen molar-refractivity contribution in [2.45, 2.75) is 13.7 Å². The number of nitrogens with zero attached hydrogens (tertiary/aromatic N) is 2. The molecule has 0 N–H and O–H groups in total. The van der Waals surface area contributed by atoms with Crippen LogP contribution >= 0.6 is 23.6 Å². The van der Waals surface area contributed by atoms with E-state index in [-0.39, 0.29) is 12.7 Å². The minimum absolute atomic E-state index is 0.0946. The van der Waals surface area contributed by atoms with E-state index >= 15 is 0 Å². The molecule has 6 heteroatoms. The first-order valence-corrected chi connectivity index (χ1v) is 8.98. The highest BCUT2D eigenvalue weighted by molar-refractivity contribution is 7.73. The number of pyridine rings is 1. The molecule has 0 amide bonds. The van der Waals surface area contributed by atoms with Crippen LogP contribution in [0.15, 0.2) is 54.6 Å². The van der Waals surface area contributed by atoms with Crippen molar-refractivity contribution in [3.05, 3.63) is 69.8 Å². The Bertz CT molecular complexity index is 1160. The standard InChI is InChI=1S/C19H14N2O2S2/c1-12-10-14(13-6-2-3-7-15(13)20-12)18(22)23-11-21-16-8-4-5-9-17(16)25-19(21)24/h2-10H,11H2,1H3. The maximum Gasteiger partial charge on any atom is 0.340 e. The molecule has 4 rings (SSSR count). The first-order chi connectivity index (χ1) is 12.1. The maximum absolute atomic E-state index is 12.7. The molecule has 2 aromatic carbocycles. The monoisotopic (exact) mass is 366 g/mol. The number of benzene rings is 2. The molecule has 0 fully saturated rings. The molecule has 0 unspecified atom stereocenters. The van der Waals surface area contributed by atoms with E-state index in [1.807, 2.05) is 60.0 Å². The number of thiazole rings is 1. The molecule has 0 bridgehead atoms. The van der Waals surface area contributed by atoms with Crippen molar-refractivity contribution in [2.24, 2.45) is 0 Å². The van der Waals surface area contributed by atoms with E-state index in [1.165, 1.54) is 11.3 Å². The molecule has 0 saturated carbocycles. The summed E-state index contributed by atoms with van der Waals surface area (Å²) < 4.78 is 9.16. The molecular formula is C19H14N2O2S2. The van der Waals surface area contributed by atoms with Crippen LogP contribution in [0.2, 0.25) is 0 Å². The Balaban J connectivity index is 1.67. The van der Waals surface area contributed by atoms with Gasteiger partial charge < -0.3 is 4.74 Å². The average Bonchev–Trinajstić information content (AvgIpc) is 2.94. The summed E-state index contributed by atoms with van der Waals surface area (Å²) in [6.07, 6.45) is 0. The second kappa shape index (κ2) is 6.38. The summed E-state index contributed by atoms with van der Waals surface area (Å²) in [4.78, 5) is 17.1. The smallest absolute Gasteiger partial charge is 0.340 e. The Hall–Kier alpha value is -2.57. The molecule has 0 spiro atoms. The number of para-hydroxylation sites is 2. The number of carbonyl (C=O) groups excluding carboxylic acids is 1. The molecule has 25 heavy (non-hydrogen) atoms. The summed E-state index contributed by atoms with van der Waals surface area (Å²) >= 11 is 6.91. The first kappa shape index (κ1) is 15.9. The van der Waals surface area contributed by atoms with E-state index in [0.717, 1.165) is 26.8 Å². The Kier molecular flexibility index (Phi) is 4.07. The number of rotatable bonds is 3. The minimum Gasteiger partial charge on any atom is -0.440 e. The molecule has 0 aliphatic heterocycles. The van der Waals surface area contributed by atoms with Gasteiger partial charge in [-0.15, -0.1) is 11.3 Å². The molecule has 124 valence electrons. The van der Waals surface area contributed by atoms with Crippen LogP contribution in [-0.4, -0.2) is 15.5 Å². The predicted octanol–water partition coefficient (Wildman–Crippen LogP) is 5.10. The van der Waals surface area contributed by atoms with Crippen LogP contribution in [0.5, 0.6) is 0 Å². The summed E-state index contributed by atoms with van der Waals surface area (Å²) in [6, 6.07) is 17.2. The van der Waals surface area contributed by atoms with Crippen LogP contribution in [0.4, 0.5) is 0 Å². The van der Waals surface area contributed by atoms with Gasteiger partial charge in [-0.05, 0) is 43.4 Å². The highest BCUT2D eigenvalue weighted by Crippen LogP contribution is 2.24. The number of aromatic nitrogens is 2. The van der Waals surface area contributed by atoms with Crippen molar-refractivity contribution >= 4 is 50.6 Å². The van der Waals surface area contributed by atoms with E-state index in [4.69, 9.17) is 17.0 Å². The van der Waals surface area contributed by atoms with Gasteiger partial charge in [-0.3, -0.25) is 9.55 Å². The highest BCUT2D eigenvalue weighted by Gasteiger charge is 2.14. The van der Waals surface area contributed by atoms with Crippen LogP contribution < -0.4 is 0 Å². The number of fused-ring (bicyclic) bond motifs is 2. The summed E-state index contributed by atoms with van der Waals surface area (Å²) in [7, 11) is 0. The van der Waals surface area contributed by atoms with E-state index in [2.05, 4.69) is 4.98 Å². The third kappa shape index (κ3) is 2.94. The lowest BCUT2D eigenvalue weighted by Gasteiger charge is -2.09. The van der Waals surface area contributed by atoms with Gasteiger partial charge >= 0.3 is 5.97 Å². The number of esters is 1. The van der Waals surface area contributed by atoms with Crippen molar-refractivity contribution < 1.29 is 9.53 Å². The second-order valence-corrected chi connectivity index (χ2v) is 7.33. The maximum atomic E-state index is 12.7. The zero-order valence-electron chi connectivity index (χ0n) is 13.4. The zero-order valence-corrected chi connectivity index (χ0v) is 15.1. The fourth-order valence-electron chi connectivity index (χ4n) is 2.81. The van der Waals surface area contributed by atoms with Gasteiger partial charge in [0.15, 0.2) is 10.7 Å². The van der Waals surface area contributed by atoms with Gasteiger partial charge in [0.1, 0.15) is 0 Å². The lowest BCUT2D eigenvalue weighted by molar-refractivity contribution is 0.0381. The fourth-order valence-corrected chi connectivity index (χ4v) is 4.11. The Labute approximate surface area is 153 Å². The summed E-state index contributed by atoms with van der Waals surface area (Å²) in [5.74, 6) is -0.376. The summed E-state index contributed by atoms with van der Waals surface area (Å²) in [6.45, 7) is 1.96. The van der Waals surface area contributed by atoms with E-state index in [1.54, 1.807) is 6.07 Å². The number of carbonyl (C=O) groups is 1. The Morgan fingerprint density at radius 1 is 1.20 bits per heavy atom. The van der Waals surface area contributed by atoms with Gasteiger partial charge in [0.05, 0.1) is 21.3 Å². The number of hydrogen-bond acceptors (Lipinski definition) is 5. The predicted molar refractivity (Wildman–Crippen MR) is 103 cm³/mol. The van der Waals surface area contributed by atoms with Gasteiger partial charge in [-0.1, -0.05) is 30.3 Å². The van der Waals surface area contributed by atoms with Crippen LogP contribution in [0.3, 0.4) is 0 Å². The van der Waals surface area contributed by atoms with Gasteiger partial charge in [0.2, 0.25) is 0 Å². The third-order valence-electron chi connectivity index (χ3n) is 3.96. The van der Waals surface area contributed by atoms with Crippen LogP contribution in [0, 0.1) is 10.9 Å². The SMILES string of the molecule is Cc1cc(C(=O)OCn2c(=S)sc3ccccc32)c2ccccc2n1. The average molecular weight is 366 g/mol. The van der Waals surface area contributed by atoms with Crippen molar-refractivity contribution in [1.29, 1.82) is 0 Å². The van der Waals surface area contributed by atoms with Crippen LogP contribution in [0.25, 0.3) is 21.1 Å². The third-order valence-corrected chi connectivity index (χ3v) is 5.39. The summed E-state index contributed by atoms with van der Waals surface area (Å²) in [5, 5.41) is 0.789. The number of ether oxygens (including phenoxy) is 1. The van der Waals surface area contributed by atoms with Crippen molar-refractivity contribution in [2.75, 3.05) is 0 Å². The molecule has 2 aromatic heterocycles. The Morgan fingerprint density at radius 2 is 1.96 bits per heavy atom. The molecule has 0 saturated heterocycles. The summed E-state index contributed by atoms with van der Waals surface area (Å²) in [5.41, 5.74) is 3.06. The molecule has 4 aromatic rings. The van der Waals surface area contributed by atoms with Crippen molar-refractivity contribution in [3.8, 4) is 0 Å². The minimum atomic E-state index is -0.376. The number of aryl methyl sites for hydroxylation is 1. The second-order valence-electron chi connectivity index (χ2n) is 5.65. The highest BCUT2D eigenvalue weighted by atomic mass is 32.1. The molecule has 0 aliphatic rings. The lowest BCUT2D eigenvalue weighted by Crippen LogP contribution is -2.11. The van der Waals surface area contributed by atoms with Gasteiger partial charge in [-0.2, -0.15) is 0 Å². The lowest BCUT2D eigenvalue weighted by atomic mass is 10.1. The fraction of sp³-hybridized carbons (Fsp3) is 0.105. The van der Waals surface area contributed by atoms with E-state index in [0.29, 0.717) is 9.52 Å². The number of hydrogen-bond donors (Lipinski definition) is 0. The van der Waals surface area contributed by atoms with E-state index < -0.39 is 0 Å². The first-order valence-electron chi connectivity index (χ1n) is 7.75. The van der Waals surface area contributed by atoms with Crippen LogP contribution in [0.1, 0.15) is 16.1 Å². The normalized spacial score (nSPS) is 11.1. The van der Waals surface area contributed by atoms with Gasteiger partial charge in [0, 0.05) is 11.1 Å². The molecule has 0 aliphatic carbocycles. The molecule has 4 nitrogen and oxygen atoms in total. The molecule has 0 atom stereocenters. The van der Waals surface area contributed by atoms with Crippen LogP contribution in [-0.2, 0) is 11.5 Å². The van der Waals surface area contributed by atoms with Gasteiger partial charge in [-0.25, -0.2) is 4.79 Å².